The maximum absolute atomic E-state index is 9.70. The van der Waals surface area contributed by atoms with Crippen LogP contribution in [0.4, 0.5) is 0 Å². The van der Waals surface area contributed by atoms with Crippen LogP contribution in [-0.4, -0.2) is 28.1 Å². The lowest BCUT2D eigenvalue weighted by atomic mass is 9.91. The predicted molar refractivity (Wildman–Crippen MR) is 119 cm³/mol. The first-order valence-corrected chi connectivity index (χ1v) is 16.3. The average Bonchev–Trinajstić information content (AvgIpc) is 2.94. The number of rotatable bonds is 5. The van der Waals surface area contributed by atoms with Crippen molar-refractivity contribution >= 4 is 28.2 Å². The van der Waals surface area contributed by atoms with Gasteiger partial charge in [-0.3, -0.25) is 0 Å². The summed E-state index contributed by atoms with van der Waals surface area (Å²) in [7, 11) is -3.75. The Morgan fingerprint density at radius 2 is 1.63 bits per heavy atom. The lowest BCUT2D eigenvalue weighted by molar-refractivity contribution is 0.186. The monoisotopic (exact) mass is 427 g/mol. The van der Waals surface area contributed by atoms with E-state index in [4.69, 9.17) is 20.5 Å². The van der Waals surface area contributed by atoms with Crippen LogP contribution >= 0.6 is 11.6 Å². The van der Waals surface area contributed by atoms with E-state index in [0.717, 1.165) is 5.76 Å². The highest BCUT2D eigenvalue weighted by Crippen LogP contribution is 2.58. The minimum absolute atomic E-state index is 0.0127. The summed E-state index contributed by atoms with van der Waals surface area (Å²) in [5.74, 6) is 1.53. The molecule has 2 aliphatic rings. The molecule has 0 amide bonds. The van der Waals surface area contributed by atoms with E-state index in [1.54, 1.807) is 0 Å². The standard InChI is InChI=1S/C21H38ClNO2Si2/c1-19(2,3)26(7,8)24-13-16-15-12-21(22,14-23)17(16)11-18(15)25-27(9,10)20(4,5)6/h11,15-17H,12-13H2,1-10H3/t15-,16-,17-,21-/m0/s1. The molecule has 0 radical (unpaired) electrons. The van der Waals surface area contributed by atoms with Gasteiger partial charge in [0.25, 0.3) is 0 Å². The van der Waals surface area contributed by atoms with E-state index in [9.17, 15) is 5.26 Å². The van der Waals surface area contributed by atoms with Gasteiger partial charge in [-0.1, -0.05) is 41.5 Å². The molecule has 1 saturated carbocycles. The molecule has 4 atom stereocenters. The third-order valence-corrected chi connectivity index (χ3v) is 16.9. The molecule has 0 N–H and O–H groups in total. The Kier molecular flexibility index (Phi) is 5.88. The SMILES string of the molecule is CC(C)(C)[Si](C)(C)OC[C@H]1[C@@H]2C[C@](Cl)(C#N)[C@H]1C=C2O[Si](C)(C)C(C)(C)C. The van der Waals surface area contributed by atoms with Gasteiger partial charge in [-0.25, -0.2) is 0 Å². The third kappa shape index (κ3) is 4.19. The molecule has 0 saturated heterocycles. The molecule has 2 aliphatic carbocycles. The van der Waals surface area contributed by atoms with Gasteiger partial charge >= 0.3 is 0 Å². The largest absolute Gasteiger partial charge is 0.547 e. The van der Waals surface area contributed by atoms with Crippen molar-refractivity contribution in [2.24, 2.45) is 17.8 Å². The highest BCUT2D eigenvalue weighted by Gasteiger charge is 2.59. The van der Waals surface area contributed by atoms with Crippen LogP contribution in [0.15, 0.2) is 11.8 Å². The molecule has 0 aromatic heterocycles. The maximum atomic E-state index is 9.70. The van der Waals surface area contributed by atoms with Crippen molar-refractivity contribution in [1.29, 1.82) is 5.26 Å². The van der Waals surface area contributed by atoms with Gasteiger partial charge in [0.15, 0.2) is 8.32 Å². The van der Waals surface area contributed by atoms with E-state index in [1.165, 1.54) is 0 Å². The van der Waals surface area contributed by atoms with Crippen LogP contribution in [0.1, 0.15) is 48.0 Å². The molecule has 154 valence electrons. The molecule has 0 aromatic rings. The number of halogens is 1. The van der Waals surface area contributed by atoms with Gasteiger partial charge in [0, 0.05) is 18.4 Å². The van der Waals surface area contributed by atoms with Crippen LogP contribution in [0.2, 0.25) is 36.3 Å². The minimum Gasteiger partial charge on any atom is -0.547 e. The molecule has 0 unspecified atom stereocenters. The van der Waals surface area contributed by atoms with Gasteiger partial charge in [-0.05, 0) is 54.7 Å². The molecular formula is C21H38ClNO2Si2. The molecule has 0 aromatic carbocycles. The summed E-state index contributed by atoms with van der Waals surface area (Å²) in [6, 6.07) is 2.38. The fourth-order valence-electron chi connectivity index (χ4n) is 3.48. The van der Waals surface area contributed by atoms with Crippen molar-refractivity contribution < 1.29 is 8.85 Å². The Labute approximate surface area is 173 Å². The van der Waals surface area contributed by atoms with Crippen LogP contribution in [-0.2, 0) is 8.85 Å². The fraction of sp³-hybridized carbons (Fsp3) is 0.857. The zero-order chi connectivity index (χ0) is 21.1. The lowest BCUT2D eigenvalue weighted by Gasteiger charge is -2.39. The van der Waals surface area contributed by atoms with Crippen molar-refractivity contribution in [1.82, 2.24) is 0 Å². The quantitative estimate of drug-likeness (QED) is 0.362. The van der Waals surface area contributed by atoms with Crippen LogP contribution < -0.4 is 0 Å². The van der Waals surface area contributed by atoms with Gasteiger partial charge in [0.2, 0.25) is 8.32 Å². The summed E-state index contributed by atoms with van der Waals surface area (Å²) in [6.45, 7) is 23.3. The van der Waals surface area contributed by atoms with Crippen molar-refractivity contribution in [2.45, 2.75) is 89.1 Å². The second-order valence-electron chi connectivity index (χ2n) is 11.5. The first-order chi connectivity index (χ1) is 12.0. The summed E-state index contributed by atoms with van der Waals surface area (Å²) in [4.78, 5) is -0.813. The summed E-state index contributed by atoms with van der Waals surface area (Å²) in [5.41, 5.74) is 0. The van der Waals surface area contributed by atoms with Crippen molar-refractivity contribution in [2.75, 3.05) is 6.61 Å². The highest BCUT2D eigenvalue weighted by atomic mass is 35.5. The highest BCUT2D eigenvalue weighted by molar-refractivity contribution is 6.74. The zero-order valence-electron chi connectivity index (χ0n) is 18.9. The number of hydrogen-bond donors (Lipinski definition) is 0. The fourth-order valence-corrected chi connectivity index (χ4v) is 6.03. The summed E-state index contributed by atoms with van der Waals surface area (Å²) in [5, 5.41) is 10.0. The first kappa shape index (κ1) is 23.0. The van der Waals surface area contributed by atoms with Gasteiger partial charge in [0.05, 0.1) is 11.8 Å². The summed E-state index contributed by atoms with van der Waals surface area (Å²) < 4.78 is 13.2. The molecule has 2 bridgehead atoms. The zero-order valence-corrected chi connectivity index (χ0v) is 21.6. The Morgan fingerprint density at radius 1 is 1.11 bits per heavy atom. The second-order valence-corrected chi connectivity index (χ2v) is 21.7. The first-order valence-electron chi connectivity index (χ1n) is 10.1. The third-order valence-electron chi connectivity index (χ3n) is 7.54. The predicted octanol–water partition coefficient (Wildman–Crippen LogP) is 6.68. The number of nitriles is 1. The van der Waals surface area contributed by atoms with E-state index in [2.05, 4.69) is 79.9 Å². The number of alkyl halides is 1. The molecule has 0 spiro atoms. The summed E-state index contributed by atoms with van der Waals surface area (Å²) in [6.07, 6.45) is 2.83. The molecule has 1 fully saturated rings. The molecule has 27 heavy (non-hydrogen) atoms. The number of allylic oxidation sites excluding steroid dienone is 2. The van der Waals surface area contributed by atoms with Crippen LogP contribution in [0.25, 0.3) is 0 Å². The lowest BCUT2D eigenvalue weighted by Crippen LogP contribution is -2.43. The topological polar surface area (TPSA) is 42.2 Å². The van der Waals surface area contributed by atoms with Crippen LogP contribution in [0.5, 0.6) is 0 Å². The molecule has 0 aliphatic heterocycles. The smallest absolute Gasteiger partial charge is 0.250 e. The normalized spacial score (nSPS) is 31.6. The van der Waals surface area contributed by atoms with E-state index in [0.29, 0.717) is 13.0 Å². The van der Waals surface area contributed by atoms with Crippen LogP contribution in [0.3, 0.4) is 0 Å². The van der Waals surface area contributed by atoms with Gasteiger partial charge in [-0.2, -0.15) is 5.26 Å². The Bertz CT molecular complexity index is 655. The van der Waals surface area contributed by atoms with Gasteiger partial charge < -0.3 is 8.85 Å². The molecular weight excluding hydrogens is 390 g/mol. The molecule has 0 heterocycles. The number of nitrogens with zero attached hydrogens (tertiary/aromatic N) is 1. The Morgan fingerprint density at radius 3 is 2.07 bits per heavy atom. The summed E-state index contributed by atoms with van der Waals surface area (Å²) >= 11 is 6.72. The minimum atomic E-state index is -1.91. The maximum Gasteiger partial charge on any atom is 0.250 e. The second kappa shape index (κ2) is 6.90. The Hall–Kier alpha value is -0.286. The van der Waals surface area contributed by atoms with Crippen molar-refractivity contribution in [3.05, 3.63) is 11.8 Å². The Balaban J connectivity index is 2.22. The van der Waals surface area contributed by atoms with Crippen molar-refractivity contribution in [3.63, 3.8) is 0 Å². The molecule has 2 rings (SSSR count). The van der Waals surface area contributed by atoms with Gasteiger partial charge in [0.1, 0.15) is 4.87 Å². The molecule has 3 nitrogen and oxygen atoms in total. The van der Waals surface area contributed by atoms with E-state index in [1.807, 2.05) is 0 Å². The average molecular weight is 428 g/mol. The van der Waals surface area contributed by atoms with Gasteiger partial charge in [-0.15, -0.1) is 11.6 Å². The van der Waals surface area contributed by atoms with Crippen LogP contribution in [0, 0.1) is 29.1 Å². The van der Waals surface area contributed by atoms with E-state index < -0.39 is 21.5 Å². The van der Waals surface area contributed by atoms with E-state index >= 15 is 0 Å². The number of fused-ring (bicyclic) bond motifs is 2. The number of hydrogen-bond acceptors (Lipinski definition) is 3. The molecule has 6 heteroatoms. The van der Waals surface area contributed by atoms with Crippen molar-refractivity contribution in [3.8, 4) is 6.07 Å². The van der Waals surface area contributed by atoms with E-state index in [-0.39, 0.29) is 27.8 Å².